The number of hydrogen-bond donors (Lipinski definition) is 2. The highest BCUT2D eigenvalue weighted by molar-refractivity contribution is 5.89. The van der Waals surface area contributed by atoms with Crippen molar-refractivity contribution in [3.8, 4) is 22.9 Å². The van der Waals surface area contributed by atoms with Gasteiger partial charge in [-0.3, -0.25) is 0 Å². The number of rotatable bonds is 9. The third-order valence-electron chi connectivity index (χ3n) is 6.42. The van der Waals surface area contributed by atoms with Crippen molar-refractivity contribution in [1.82, 2.24) is 15.1 Å². The van der Waals surface area contributed by atoms with Crippen molar-refractivity contribution in [2.75, 3.05) is 13.2 Å². The maximum atomic E-state index is 13.9. The Labute approximate surface area is 223 Å². The molecule has 2 heterocycles. The second-order valence-electron chi connectivity index (χ2n) is 9.37. The number of benzene rings is 3. The molecule has 10 heteroatoms. The molecule has 4 aromatic rings. The largest absolute Gasteiger partial charge is 0.486 e. The van der Waals surface area contributed by atoms with Gasteiger partial charge in [0.1, 0.15) is 25.1 Å². The highest BCUT2D eigenvalue weighted by Crippen LogP contribution is 2.36. The lowest BCUT2D eigenvalue weighted by molar-refractivity contribution is 0.0497. The molecule has 0 aliphatic carbocycles. The number of aromatic nitrogens is 2. The van der Waals surface area contributed by atoms with Crippen LogP contribution in [-0.2, 0) is 0 Å². The average molecular weight is 536 g/mol. The number of aromatic carboxylic acids is 1. The van der Waals surface area contributed by atoms with Crippen LogP contribution in [0, 0.1) is 0 Å². The van der Waals surface area contributed by atoms with Crippen LogP contribution in [0.25, 0.3) is 16.6 Å². The van der Waals surface area contributed by atoms with Crippen LogP contribution >= 0.6 is 0 Å². The molecular formula is C29H27F2N3O5. The van der Waals surface area contributed by atoms with E-state index in [2.05, 4.69) is 17.0 Å². The first-order valence-electron chi connectivity index (χ1n) is 12.3. The topological polar surface area (TPSA) is 94.8 Å². The zero-order valence-electron chi connectivity index (χ0n) is 21.4. The van der Waals surface area contributed by atoms with Gasteiger partial charge in [0.25, 0.3) is 5.92 Å². The lowest BCUT2D eigenvalue weighted by atomic mass is 10.0. The van der Waals surface area contributed by atoms with Crippen LogP contribution in [-0.4, -0.2) is 46.0 Å². The van der Waals surface area contributed by atoms with E-state index in [1.807, 2.05) is 12.1 Å². The van der Waals surface area contributed by atoms with Gasteiger partial charge in [-0.2, -0.15) is 5.10 Å². The summed E-state index contributed by atoms with van der Waals surface area (Å²) >= 11 is 0. The molecule has 1 aromatic heterocycles. The first-order chi connectivity index (χ1) is 18.6. The molecule has 0 bridgehead atoms. The van der Waals surface area contributed by atoms with Crippen LogP contribution in [0.15, 0.2) is 79.1 Å². The fraction of sp³-hybridized carbons (Fsp3) is 0.241. The van der Waals surface area contributed by atoms with Crippen molar-refractivity contribution in [3.05, 3.63) is 90.3 Å². The minimum Gasteiger partial charge on any atom is -0.486 e. The van der Waals surface area contributed by atoms with E-state index >= 15 is 0 Å². The lowest BCUT2D eigenvalue weighted by Gasteiger charge is -2.30. The van der Waals surface area contributed by atoms with Gasteiger partial charge in [-0.05, 0) is 61.0 Å². The van der Waals surface area contributed by atoms with Gasteiger partial charge in [0, 0.05) is 12.3 Å². The third-order valence-corrected chi connectivity index (χ3v) is 6.42. The number of halogens is 2. The quantitative estimate of drug-likeness (QED) is 0.281. The van der Waals surface area contributed by atoms with Crippen molar-refractivity contribution in [2.24, 2.45) is 0 Å². The van der Waals surface area contributed by atoms with E-state index in [0.717, 1.165) is 17.8 Å². The van der Waals surface area contributed by atoms with E-state index in [0.29, 0.717) is 41.7 Å². The minimum atomic E-state index is -3.11. The molecular weight excluding hydrogens is 508 g/mol. The summed E-state index contributed by atoms with van der Waals surface area (Å²) in [4.78, 5) is 11.4. The lowest BCUT2D eigenvalue weighted by Crippen LogP contribution is -2.38. The van der Waals surface area contributed by atoms with E-state index < -0.39 is 29.7 Å². The predicted molar refractivity (Wildman–Crippen MR) is 141 cm³/mol. The van der Waals surface area contributed by atoms with Crippen molar-refractivity contribution >= 4 is 16.9 Å². The number of allylic oxidation sites excluding steroid dienone is 1. The number of carboxylic acids is 1. The molecule has 0 radical (unpaired) electrons. The van der Waals surface area contributed by atoms with Gasteiger partial charge in [0.2, 0.25) is 0 Å². The van der Waals surface area contributed by atoms with Crippen molar-refractivity contribution in [1.29, 1.82) is 0 Å². The molecule has 8 nitrogen and oxygen atoms in total. The highest BCUT2D eigenvalue weighted by atomic mass is 19.3. The van der Waals surface area contributed by atoms with Crippen LogP contribution in [0.5, 0.6) is 17.2 Å². The zero-order chi connectivity index (χ0) is 27.7. The van der Waals surface area contributed by atoms with Gasteiger partial charge in [0.15, 0.2) is 11.5 Å². The number of fused-ring (bicyclic) bond motifs is 2. The molecule has 39 heavy (non-hydrogen) atoms. The summed E-state index contributed by atoms with van der Waals surface area (Å²) in [7, 11) is 0. The summed E-state index contributed by atoms with van der Waals surface area (Å²) in [6.07, 6.45) is 0.954. The van der Waals surface area contributed by atoms with Gasteiger partial charge in [-0.25, -0.2) is 18.3 Å². The molecule has 202 valence electrons. The minimum absolute atomic E-state index is 0.152. The average Bonchev–Trinajstić information content (AvgIpc) is 3.34. The maximum absolute atomic E-state index is 13.9. The van der Waals surface area contributed by atoms with Crippen molar-refractivity contribution in [3.63, 3.8) is 0 Å². The van der Waals surface area contributed by atoms with Crippen LogP contribution < -0.4 is 19.5 Å². The Morgan fingerprint density at radius 3 is 2.64 bits per heavy atom. The van der Waals surface area contributed by atoms with E-state index in [1.54, 1.807) is 60.3 Å². The number of hydrogen-bond acceptors (Lipinski definition) is 6. The Kier molecular flexibility index (Phi) is 6.86. The van der Waals surface area contributed by atoms with E-state index in [-0.39, 0.29) is 5.56 Å². The molecule has 3 aromatic carbocycles. The molecule has 2 N–H and O–H groups in total. The number of carboxylic acid groups (broad SMARTS) is 1. The Morgan fingerprint density at radius 2 is 1.90 bits per heavy atom. The Bertz CT molecular complexity index is 1550. The Morgan fingerprint density at radius 1 is 1.13 bits per heavy atom. The number of carbonyl (C=O) groups is 1. The fourth-order valence-corrected chi connectivity index (χ4v) is 4.38. The summed E-state index contributed by atoms with van der Waals surface area (Å²) in [5.41, 5.74) is 1.78. The zero-order valence-corrected chi connectivity index (χ0v) is 21.4. The van der Waals surface area contributed by atoms with Crippen molar-refractivity contribution in [2.45, 2.75) is 31.9 Å². The fourth-order valence-electron chi connectivity index (χ4n) is 4.38. The molecule has 0 spiro atoms. The molecule has 0 fully saturated rings. The second-order valence-corrected chi connectivity index (χ2v) is 9.37. The molecule has 1 aliphatic heterocycles. The van der Waals surface area contributed by atoms with Crippen molar-refractivity contribution < 1.29 is 32.9 Å². The number of nitrogens with zero attached hydrogens (tertiary/aromatic N) is 2. The van der Waals surface area contributed by atoms with E-state index in [9.17, 15) is 18.7 Å². The summed E-state index contributed by atoms with van der Waals surface area (Å²) in [6.45, 7) is 6.88. The smallest absolute Gasteiger partial charge is 0.335 e. The first-order valence-corrected chi connectivity index (χ1v) is 12.3. The van der Waals surface area contributed by atoms with Crippen LogP contribution in [0.1, 0.15) is 35.9 Å². The predicted octanol–water partition coefficient (Wildman–Crippen LogP) is 5.76. The molecule has 2 atom stereocenters. The van der Waals surface area contributed by atoms with Crippen LogP contribution in [0.3, 0.4) is 0 Å². The van der Waals surface area contributed by atoms with Gasteiger partial charge in [-0.15, -0.1) is 0 Å². The molecule has 0 amide bonds. The Hall–Kier alpha value is -4.60. The third kappa shape index (κ3) is 5.50. The maximum Gasteiger partial charge on any atom is 0.335 e. The Balaban J connectivity index is 1.47. The SMILES string of the molecule is C=C(N[C@@H](C)[C@H](Oc1ccc2c(cnn2-c2cccc(C(=O)O)c2)c1)c1ccc2c(c1)OCCO2)C(C)(F)F. The van der Waals surface area contributed by atoms with E-state index in [4.69, 9.17) is 14.2 Å². The van der Waals surface area contributed by atoms with Crippen LogP contribution in [0.2, 0.25) is 0 Å². The standard InChI is InChI=1S/C29H27F2N3O5/c1-17(33-18(2)29(3,30)31)27(19-7-10-25-26(15-19)38-12-11-37-25)39-23-8-9-24-21(14-23)16-32-34(24)22-6-4-5-20(13-22)28(35)36/h4-10,13-17,27,33H,2,11-12H2,1,3H3,(H,35,36)/t17-,27-/m0/s1. The highest BCUT2D eigenvalue weighted by Gasteiger charge is 2.31. The second kappa shape index (κ2) is 10.3. The molecule has 0 unspecified atom stereocenters. The first kappa shape index (κ1) is 26.0. The monoisotopic (exact) mass is 535 g/mol. The van der Waals surface area contributed by atoms with Gasteiger partial charge in [-0.1, -0.05) is 18.7 Å². The number of nitrogens with one attached hydrogen (secondary N) is 1. The van der Waals surface area contributed by atoms with Crippen LogP contribution in [0.4, 0.5) is 8.78 Å². The summed E-state index contributed by atoms with van der Waals surface area (Å²) < 4.78 is 47.2. The normalized spacial score (nSPS) is 14.5. The van der Waals surface area contributed by atoms with Gasteiger partial charge >= 0.3 is 5.97 Å². The summed E-state index contributed by atoms with van der Waals surface area (Å²) in [5, 5.41) is 17.3. The van der Waals surface area contributed by atoms with Gasteiger partial charge in [0.05, 0.1) is 34.7 Å². The number of alkyl halides is 2. The molecule has 0 saturated carbocycles. The van der Waals surface area contributed by atoms with E-state index in [1.165, 1.54) is 6.07 Å². The summed E-state index contributed by atoms with van der Waals surface area (Å²) in [5.74, 6) is -2.49. The molecule has 0 saturated heterocycles. The molecule has 5 rings (SSSR count). The molecule has 1 aliphatic rings. The van der Waals surface area contributed by atoms with Gasteiger partial charge < -0.3 is 24.6 Å². The number of ether oxygens (including phenoxy) is 3. The summed E-state index contributed by atoms with van der Waals surface area (Å²) in [6, 6.07) is 16.6.